The number of hydrogen-bond donors (Lipinski definition) is 1. The van der Waals surface area contributed by atoms with Gasteiger partial charge in [0.25, 0.3) is 0 Å². The van der Waals surface area contributed by atoms with Crippen LogP contribution < -0.4 is 5.32 Å². The molecule has 1 aliphatic carbocycles. The van der Waals surface area contributed by atoms with Crippen LogP contribution in [-0.2, 0) is 22.4 Å². The lowest BCUT2D eigenvalue weighted by atomic mass is 9.83. The second-order valence-electron chi connectivity index (χ2n) is 5.07. The zero-order chi connectivity index (χ0) is 12.8. The number of rotatable bonds is 1. The molecule has 1 atom stereocenters. The highest BCUT2D eigenvalue weighted by atomic mass is 16.5. The molecule has 1 N–H and O–H groups in total. The lowest BCUT2D eigenvalue weighted by Crippen LogP contribution is -2.31. The summed E-state index contributed by atoms with van der Waals surface area (Å²) >= 11 is 0. The Morgan fingerprint density at radius 2 is 2.22 bits per heavy atom. The number of hydrogen-bond acceptors (Lipinski definition) is 3. The van der Waals surface area contributed by atoms with Gasteiger partial charge < -0.3 is 10.1 Å². The number of ether oxygens (including phenoxy) is 1. The number of fused-ring (bicyclic) bond motifs is 1. The summed E-state index contributed by atoms with van der Waals surface area (Å²) in [6, 6.07) is 5.63. The summed E-state index contributed by atoms with van der Waals surface area (Å²) in [6.45, 7) is 0.736. The predicted octanol–water partition coefficient (Wildman–Crippen LogP) is 1.08. The van der Waals surface area contributed by atoms with Crippen LogP contribution in [-0.4, -0.2) is 25.5 Å². The van der Waals surface area contributed by atoms with Crippen molar-refractivity contribution in [1.29, 1.82) is 0 Å². The van der Waals surface area contributed by atoms with Gasteiger partial charge in [0.15, 0.2) is 0 Å². The van der Waals surface area contributed by atoms with E-state index < -0.39 is 0 Å². The van der Waals surface area contributed by atoms with E-state index >= 15 is 0 Å². The van der Waals surface area contributed by atoms with E-state index in [0.29, 0.717) is 12.0 Å². The Hall–Kier alpha value is -1.84. The molecule has 0 saturated carbocycles. The number of nitrogens with one attached hydrogen (secondary N) is 1. The van der Waals surface area contributed by atoms with Gasteiger partial charge in [0.05, 0.1) is 18.1 Å². The molecule has 1 aliphatic heterocycles. The maximum absolute atomic E-state index is 12.0. The highest BCUT2D eigenvalue weighted by Crippen LogP contribution is 2.43. The standard InChI is InChI=1S/C14H15NO3/c1-18-12(16)10-4-2-3-9-7-14(8-11(9)10)5-6-15-13(14)17/h2-4H,5-8H2,1H3,(H,15,17)/t14-/m1/s1. The van der Waals surface area contributed by atoms with Gasteiger partial charge >= 0.3 is 5.97 Å². The van der Waals surface area contributed by atoms with Crippen molar-refractivity contribution < 1.29 is 14.3 Å². The molecule has 0 bridgehead atoms. The molecule has 4 nitrogen and oxygen atoms in total. The molecule has 4 heteroatoms. The molecule has 1 saturated heterocycles. The first kappa shape index (κ1) is 11.3. The van der Waals surface area contributed by atoms with Crippen LogP contribution >= 0.6 is 0 Å². The van der Waals surface area contributed by atoms with Crippen LogP contribution in [0.2, 0.25) is 0 Å². The number of esters is 1. The molecule has 1 spiro atoms. The molecule has 3 rings (SSSR count). The van der Waals surface area contributed by atoms with Crippen LogP contribution in [0.5, 0.6) is 0 Å². The average Bonchev–Trinajstić information content (AvgIpc) is 2.92. The van der Waals surface area contributed by atoms with E-state index in [4.69, 9.17) is 4.74 Å². The van der Waals surface area contributed by atoms with Crippen molar-refractivity contribution in [2.24, 2.45) is 5.41 Å². The highest BCUT2D eigenvalue weighted by molar-refractivity contribution is 5.93. The lowest BCUT2D eigenvalue weighted by molar-refractivity contribution is -0.127. The molecule has 1 aromatic rings. The van der Waals surface area contributed by atoms with Gasteiger partial charge in [-0.2, -0.15) is 0 Å². The Labute approximate surface area is 105 Å². The summed E-state index contributed by atoms with van der Waals surface area (Å²) in [5, 5.41) is 2.89. The SMILES string of the molecule is COC(=O)c1cccc2c1C[C@@]1(CCNC1=O)C2. The van der Waals surface area contributed by atoms with Gasteiger partial charge in [-0.1, -0.05) is 12.1 Å². The van der Waals surface area contributed by atoms with Crippen molar-refractivity contribution >= 4 is 11.9 Å². The van der Waals surface area contributed by atoms with Crippen LogP contribution in [0.1, 0.15) is 27.9 Å². The molecule has 1 amide bonds. The van der Waals surface area contributed by atoms with Crippen molar-refractivity contribution in [3.8, 4) is 0 Å². The number of carbonyl (C=O) groups is 2. The second-order valence-corrected chi connectivity index (χ2v) is 5.07. The van der Waals surface area contributed by atoms with Crippen molar-refractivity contribution in [3.05, 3.63) is 34.9 Å². The van der Waals surface area contributed by atoms with E-state index in [-0.39, 0.29) is 17.3 Å². The van der Waals surface area contributed by atoms with Crippen LogP contribution in [0.25, 0.3) is 0 Å². The van der Waals surface area contributed by atoms with Crippen molar-refractivity contribution in [1.82, 2.24) is 5.32 Å². The molecule has 1 heterocycles. The number of benzene rings is 1. The lowest BCUT2D eigenvalue weighted by Gasteiger charge is -2.18. The highest BCUT2D eigenvalue weighted by Gasteiger charge is 2.47. The third-order valence-electron chi connectivity index (χ3n) is 4.09. The molecule has 18 heavy (non-hydrogen) atoms. The third-order valence-corrected chi connectivity index (χ3v) is 4.09. The van der Waals surface area contributed by atoms with Gasteiger partial charge in [-0.3, -0.25) is 4.79 Å². The smallest absolute Gasteiger partial charge is 0.338 e. The normalized spacial score (nSPS) is 25.1. The van der Waals surface area contributed by atoms with E-state index in [1.807, 2.05) is 12.1 Å². The minimum absolute atomic E-state index is 0.120. The number of amides is 1. The van der Waals surface area contributed by atoms with E-state index in [9.17, 15) is 9.59 Å². The molecule has 1 fully saturated rings. The van der Waals surface area contributed by atoms with Crippen LogP contribution in [0.15, 0.2) is 18.2 Å². The largest absolute Gasteiger partial charge is 0.465 e. The summed E-state index contributed by atoms with van der Waals surface area (Å²) in [4.78, 5) is 23.7. The van der Waals surface area contributed by atoms with E-state index in [0.717, 1.165) is 30.5 Å². The van der Waals surface area contributed by atoms with E-state index in [2.05, 4.69) is 5.32 Å². The Bertz CT molecular complexity index is 538. The molecular weight excluding hydrogens is 230 g/mol. The average molecular weight is 245 g/mol. The summed E-state index contributed by atoms with van der Waals surface area (Å²) in [5.74, 6) is -0.197. The fourth-order valence-electron chi connectivity index (χ4n) is 3.13. The zero-order valence-electron chi connectivity index (χ0n) is 10.3. The summed E-state index contributed by atoms with van der Waals surface area (Å²) in [6.07, 6.45) is 2.24. The molecule has 94 valence electrons. The minimum atomic E-state index is -0.327. The maximum atomic E-state index is 12.0. The molecule has 1 aromatic carbocycles. The number of methoxy groups -OCH3 is 1. The van der Waals surface area contributed by atoms with Crippen molar-refractivity contribution in [3.63, 3.8) is 0 Å². The summed E-state index contributed by atoms with van der Waals surface area (Å²) < 4.78 is 4.80. The minimum Gasteiger partial charge on any atom is -0.465 e. The fourth-order valence-corrected chi connectivity index (χ4v) is 3.13. The molecule has 2 aliphatic rings. The van der Waals surface area contributed by atoms with Gasteiger partial charge in [0, 0.05) is 6.54 Å². The first-order valence-electron chi connectivity index (χ1n) is 6.14. The topological polar surface area (TPSA) is 55.4 Å². The Morgan fingerprint density at radius 3 is 2.89 bits per heavy atom. The molecule has 0 unspecified atom stereocenters. The van der Waals surface area contributed by atoms with Crippen LogP contribution in [0.3, 0.4) is 0 Å². The maximum Gasteiger partial charge on any atom is 0.338 e. The van der Waals surface area contributed by atoms with Gasteiger partial charge in [0.2, 0.25) is 5.91 Å². The predicted molar refractivity (Wildman–Crippen MR) is 65.2 cm³/mol. The Morgan fingerprint density at radius 1 is 1.39 bits per heavy atom. The Balaban J connectivity index is 2.03. The van der Waals surface area contributed by atoms with Crippen LogP contribution in [0.4, 0.5) is 0 Å². The van der Waals surface area contributed by atoms with E-state index in [1.54, 1.807) is 6.07 Å². The van der Waals surface area contributed by atoms with Gasteiger partial charge in [-0.15, -0.1) is 0 Å². The zero-order valence-corrected chi connectivity index (χ0v) is 10.3. The quantitative estimate of drug-likeness (QED) is 0.753. The monoisotopic (exact) mass is 245 g/mol. The third kappa shape index (κ3) is 1.45. The van der Waals surface area contributed by atoms with E-state index in [1.165, 1.54) is 7.11 Å². The first-order valence-corrected chi connectivity index (χ1v) is 6.14. The second kappa shape index (κ2) is 3.83. The van der Waals surface area contributed by atoms with Gasteiger partial charge in [-0.25, -0.2) is 4.79 Å². The number of carbonyl (C=O) groups excluding carboxylic acids is 2. The van der Waals surface area contributed by atoms with Crippen molar-refractivity contribution in [2.45, 2.75) is 19.3 Å². The Kier molecular flexibility index (Phi) is 2.40. The van der Waals surface area contributed by atoms with Gasteiger partial charge in [0.1, 0.15) is 0 Å². The molecule has 0 aromatic heterocycles. The molecular formula is C14H15NO3. The molecule has 0 radical (unpaired) electrons. The fraction of sp³-hybridized carbons (Fsp3) is 0.429. The first-order chi connectivity index (χ1) is 8.66. The summed E-state index contributed by atoms with van der Waals surface area (Å²) in [7, 11) is 1.38. The van der Waals surface area contributed by atoms with Gasteiger partial charge in [-0.05, 0) is 36.5 Å². The summed E-state index contributed by atoms with van der Waals surface area (Å²) in [5.41, 5.74) is 2.37. The van der Waals surface area contributed by atoms with Crippen molar-refractivity contribution in [2.75, 3.05) is 13.7 Å². The van der Waals surface area contributed by atoms with Crippen LogP contribution in [0, 0.1) is 5.41 Å².